The number of aromatic amines is 1. The predicted octanol–water partition coefficient (Wildman–Crippen LogP) is 1.61. The molecule has 2 N–H and O–H groups in total. The molecule has 0 aliphatic carbocycles. The van der Waals surface area contributed by atoms with Crippen molar-refractivity contribution >= 4 is 9.84 Å². The van der Waals surface area contributed by atoms with E-state index in [2.05, 4.69) is 20.2 Å². The average molecular weight is 391 g/mol. The number of H-pyrrole nitrogens is 1. The summed E-state index contributed by atoms with van der Waals surface area (Å²) in [6, 6.07) is 7.59. The Hall–Kier alpha value is -1.74. The first-order valence-corrected chi connectivity index (χ1v) is 11.3. The Labute approximate surface area is 160 Å². The summed E-state index contributed by atoms with van der Waals surface area (Å²) in [5.41, 5.74) is 1.81. The maximum absolute atomic E-state index is 11.6. The molecule has 1 aromatic carbocycles. The highest BCUT2D eigenvalue weighted by atomic mass is 32.2. The number of nitrogens with one attached hydrogen (secondary N) is 2. The van der Waals surface area contributed by atoms with Crippen molar-refractivity contribution in [2.45, 2.75) is 29.8 Å². The van der Waals surface area contributed by atoms with Crippen LogP contribution in [0.2, 0.25) is 0 Å². The van der Waals surface area contributed by atoms with Gasteiger partial charge in [-0.1, -0.05) is 12.1 Å². The normalized spacial score (nSPS) is 22.8. The lowest BCUT2D eigenvalue weighted by Gasteiger charge is -2.41. The summed E-state index contributed by atoms with van der Waals surface area (Å²) in [5.74, 6) is 0.912. The van der Waals surface area contributed by atoms with E-state index in [-0.39, 0.29) is 6.04 Å². The summed E-state index contributed by atoms with van der Waals surface area (Å²) < 4.78 is 29.0. The lowest BCUT2D eigenvalue weighted by molar-refractivity contribution is -0.0387. The molecule has 2 fully saturated rings. The van der Waals surface area contributed by atoms with Gasteiger partial charge in [0.15, 0.2) is 9.84 Å². The van der Waals surface area contributed by atoms with Crippen LogP contribution in [0.4, 0.5) is 0 Å². The van der Waals surface area contributed by atoms with Gasteiger partial charge in [0.1, 0.15) is 5.82 Å². The summed E-state index contributed by atoms with van der Waals surface area (Å²) in [6.07, 6.45) is 5.34. The Morgan fingerprint density at radius 2 is 1.93 bits per heavy atom. The highest BCUT2D eigenvalue weighted by Gasteiger charge is 2.33. The Morgan fingerprint density at radius 1 is 1.19 bits per heavy atom. The van der Waals surface area contributed by atoms with Gasteiger partial charge in [0.05, 0.1) is 36.0 Å². The second-order valence-electron chi connectivity index (χ2n) is 7.29. The number of ether oxygens (including phenoxy) is 1. The minimum Gasteiger partial charge on any atom is -0.378 e. The molecule has 1 aromatic heterocycles. The van der Waals surface area contributed by atoms with Crippen molar-refractivity contribution in [1.82, 2.24) is 20.2 Å². The lowest BCUT2D eigenvalue weighted by atomic mass is 10.0. The summed E-state index contributed by atoms with van der Waals surface area (Å²) in [4.78, 5) is 10.9. The molecule has 27 heavy (non-hydrogen) atoms. The van der Waals surface area contributed by atoms with E-state index in [0.717, 1.165) is 56.2 Å². The fourth-order valence-corrected chi connectivity index (χ4v) is 4.59. The number of sulfone groups is 1. The van der Waals surface area contributed by atoms with Gasteiger partial charge in [-0.25, -0.2) is 13.4 Å². The van der Waals surface area contributed by atoms with E-state index in [0.29, 0.717) is 17.5 Å². The van der Waals surface area contributed by atoms with Crippen molar-refractivity contribution in [2.75, 3.05) is 39.1 Å². The van der Waals surface area contributed by atoms with Gasteiger partial charge in [-0.05, 0) is 43.6 Å². The van der Waals surface area contributed by atoms with Crippen LogP contribution in [0.3, 0.4) is 0 Å². The minimum absolute atomic E-state index is 0.130. The second-order valence-corrected chi connectivity index (χ2v) is 9.30. The summed E-state index contributed by atoms with van der Waals surface area (Å²) in [5, 5.41) is 3.42. The first-order valence-electron chi connectivity index (χ1n) is 9.42. The molecule has 0 radical (unpaired) electrons. The fraction of sp³-hybridized carbons (Fsp3) is 0.526. The van der Waals surface area contributed by atoms with Crippen molar-refractivity contribution in [3.05, 3.63) is 36.3 Å². The molecule has 0 bridgehead atoms. The highest BCUT2D eigenvalue weighted by Crippen LogP contribution is 2.29. The van der Waals surface area contributed by atoms with Crippen LogP contribution < -0.4 is 5.32 Å². The van der Waals surface area contributed by atoms with Crippen molar-refractivity contribution in [3.8, 4) is 11.3 Å². The van der Waals surface area contributed by atoms with E-state index in [1.165, 1.54) is 6.26 Å². The van der Waals surface area contributed by atoms with Gasteiger partial charge in [-0.15, -0.1) is 0 Å². The topological polar surface area (TPSA) is 87.3 Å². The second kappa shape index (κ2) is 7.71. The predicted molar refractivity (Wildman–Crippen MR) is 103 cm³/mol. The van der Waals surface area contributed by atoms with Gasteiger partial charge in [-0.2, -0.15) is 0 Å². The van der Waals surface area contributed by atoms with Gasteiger partial charge in [0, 0.05) is 18.8 Å². The van der Waals surface area contributed by atoms with Crippen LogP contribution in [-0.2, 0) is 14.6 Å². The van der Waals surface area contributed by atoms with Crippen molar-refractivity contribution in [2.24, 2.45) is 0 Å². The van der Waals surface area contributed by atoms with Crippen LogP contribution >= 0.6 is 0 Å². The van der Waals surface area contributed by atoms with Crippen LogP contribution in [0, 0.1) is 0 Å². The molecule has 2 aromatic rings. The number of piperidine rings is 1. The van der Waals surface area contributed by atoms with E-state index in [1.54, 1.807) is 12.1 Å². The van der Waals surface area contributed by atoms with Gasteiger partial charge in [0.2, 0.25) is 0 Å². The van der Waals surface area contributed by atoms with E-state index in [1.807, 2.05) is 18.3 Å². The van der Waals surface area contributed by atoms with Crippen LogP contribution in [0.25, 0.3) is 11.3 Å². The average Bonchev–Trinajstić information content (AvgIpc) is 3.18. The summed E-state index contributed by atoms with van der Waals surface area (Å²) in [7, 11) is -3.19. The van der Waals surface area contributed by atoms with E-state index in [9.17, 15) is 8.42 Å². The zero-order chi connectivity index (χ0) is 18.9. The number of nitrogens with zero attached hydrogens (tertiary/aromatic N) is 2. The maximum Gasteiger partial charge on any atom is 0.175 e. The third-order valence-electron chi connectivity index (χ3n) is 5.45. The molecule has 0 amide bonds. The molecule has 2 saturated heterocycles. The van der Waals surface area contributed by atoms with Crippen LogP contribution in [-0.4, -0.2) is 68.4 Å². The molecular weight excluding hydrogens is 364 g/mol. The molecule has 4 rings (SSSR count). The smallest absolute Gasteiger partial charge is 0.175 e. The zero-order valence-corrected chi connectivity index (χ0v) is 16.3. The van der Waals surface area contributed by atoms with E-state index in [4.69, 9.17) is 4.74 Å². The summed E-state index contributed by atoms with van der Waals surface area (Å²) in [6.45, 7) is 4.45. The van der Waals surface area contributed by atoms with E-state index < -0.39 is 9.84 Å². The van der Waals surface area contributed by atoms with Gasteiger partial charge in [0.25, 0.3) is 0 Å². The number of hydrogen-bond donors (Lipinski definition) is 2. The number of hydrogen-bond acceptors (Lipinski definition) is 6. The van der Waals surface area contributed by atoms with Crippen LogP contribution in [0.15, 0.2) is 35.4 Å². The molecule has 8 heteroatoms. The Morgan fingerprint density at radius 3 is 2.63 bits per heavy atom. The van der Waals surface area contributed by atoms with E-state index >= 15 is 0 Å². The first kappa shape index (κ1) is 18.6. The number of morpholine rings is 1. The number of imidazole rings is 1. The Bertz CT molecular complexity index is 873. The molecule has 1 atom stereocenters. The highest BCUT2D eigenvalue weighted by molar-refractivity contribution is 7.90. The van der Waals surface area contributed by atoms with Crippen LogP contribution in [0.1, 0.15) is 24.7 Å². The molecular formula is C19H26N4O3S. The third-order valence-corrected chi connectivity index (χ3v) is 6.58. The molecule has 0 saturated carbocycles. The standard InChI is InChI=1S/C19H26N4O3S/c1-27(24,25)16-4-2-14(3-5-16)17-12-21-19(22-17)18-13-26-11-10-23(18)15-6-8-20-9-7-15/h2-5,12,15,18,20H,6-11,13H2,1H3,(H,21,22)/t18-/m0/s1. The molecule has 2 aliphatic rings. The van der Waals surface area contributed by atoms with Crippen molar-refractivity contribution in [3.63, 3.8) is 0 Å². The van der Waals surface area contributed by atoms with Crippen molar-refractivity contribution < 1.29 is 13.2 Å². The molecule has 7 nitrogen and oxygen atoms in total. The lowest BCUT2D eigenvalue weighted by Crippen LogP contribution is -2.49. The third kappa shape index (κ3) is 4.08. The fourth-order valence-electron chi connectivity index (χ4n) is 3.96. The minimum atomic E-state index is -3.19. The van der Waals surface area contributed by atoms with Gasteiger partial charge in [-0.3, -0.25) is 4.90 Å². The maximum atomic E-state index is 11.6. The monoisotopic (exact) mass is 390 g/mol. The first-order chi connectivity index (χ1) is 13.0. The molecule has 0 unspecified atom stereocenters. The largest absolute Gasteiger partial charge is 0.378 e. The number of aromatic nitrogens is 2. The van der Waals surface area contributed by atoms with Gasteiger partial charge < -0.3 is 15.0 Å². The van der Waals surface area contributed by atoms with Crippen LogP contribution in [0.5, 0.6) is 0 Å². The molecule has 3 heterocycles. The molecule has 2 aliphatic heterocycles. The quantitative estimate of drug-likeness (QED) is 0.825. The molecule has 146 valence electrons. The Balaban J connectivity index is 1.55. The van der Waals surface area contributed by atoms with Crippen molar-refractivity contribution in [1.29, 1.82) is 0 Å². The Kier molecular flexibility index (Phi) is 5.32. The zero-order valence-electron chi connectivity index (χ0n) is 15.5. The number of rotatable bonds is 4. The SMILES string of the molecule is CS(=O)(=O)c1ccc(-c2cnc([C@@H]3COCCN3C3CCNCC3)[nH]2)cc1. The summed E-state index contributed by atoms with van der Waals surface area (Å²) >= 11 is 0. The molecule has 0 spiro atoms. The van der Waals surface area contributed by atoms with Gasteiger partial charge >= 0.3 is 0 Å². The number of benzene rings is 1.